The number of nitrogens with one attached hydrogen (secondary N) is 1. The van der Waals surface area contributed by atoms with Crippen LogP contribution in [0.2, 0.25) is 5.02 Å². The molecule has 1 fully saturated rings. The van der Waals surface area contributed by atoms with E-state index in [9.17, 15) is 9.59 Å². The molecule has 0 spiro atoms. The van der Waals surface area contributed by atoms with Gasteiger partial charge in [-0.15, -0.1) is 11.3 Å². The van der Waals surface area contributed by atoms with Gasteiger partial charge in [-0.25, -0.2) is 4.98 Å². The maximum Gasteiger partial charge on any atom is 0.230 e. The Bertz CT molecular complexity index is 1050. The third kappa shape index (κ3) is 5.62. The van der Waals surface area contributed by atoms with Gasteiger partial charge in [-0.1, -0.05) is 54.1 Å². The highest BCUT2D eigenvalue weighted by Gasteiger charge is 2.23. The van der Waals surface area contributed by atoms with Crippen molar-refractivity contribution < 1.29 is 9.59 Å². The molecule has 0 bridgehead atoms. The van der Waals surface area contributed by atoms with Gasteiger partial charge in [-0.2, -0.15) is 0 Å². The number of hydrogen-bond donors (Lipinski definition) is 1. The van der Waals surface area contributed by atoms with Crippen molar-refractivity contribution in [2.75, 3.05) is 36.4 Å². The van der Waals surface area contributed by atoms with Crippen molar-refractivity contribution in [3.05, 3.63) is 76.3 Å². The minimum Gasteiger partial charge on any atom is -0.367 e. The summed E-state index contributed by atoms with van der Waals surface area (Å²) in [6.07, 6.45) is 0.529. The fraction of sp³-hybridized carbons (Fsp3) is 0.261. The van der Waals surface area contributed by atoms with Crippen molar-refractivity contribution in [1.29, 1.82) is 0 Å². The van der Waals surface area contributed by atoms with Gasteiger partial charge in [0, 0.05) is 31.6 Å². The second-order valence-electron chi connectivity index (χ2n) is 7.35. The topological polar surface area (TPSA) is 65.5 Å². The summed E-state index contributed by atoms with van der Waals surface area (Å²) in [7, 11) is 0. The second kappa shape index (κ2) is 9.94. The van der Waals surface area contributed by atoms with E-state index >= 15 is 0 Å². The SMILES string of the molecule is O=C(Cc1ccccc1)Nc1nc(CC(=O)N2CCN(c3ccccc3Cl)CC2)cs1. The minimum atomic E-state index is -0.117. The van der Waals surface area contributed by atoms with E-state index in [0.29, 0.717) is 30.3 Å². The van der Waals surface area contributed by atoms with Crippen LogP contribution in [0, 0.1) is 0 Å². The number of carbonyl (C=O) groups is 2. The quantitative estimate of drug-likeness (QED) is 0.614. The predicted octanol–water partition coefficient (Wildman–Crippen LogP) is 3.87. The summed E-state index contributed by atoms with van der Waals surface area (Å²) in [5.41, 5.74) is 2.63. The van der Waals surface area contributed by atoms with Crippen LogP contribution in [-0.4, -0.2) is 47.9 Å². The summed E-state index contributed by atoms with van der Waals surface area (Å²) in [5.74, 6) is -0.0691. The number of aromatic nitrogens is 1. The molecule has 160 valence electrons. The van der Waals surface area contributed by atoms with Crippen molar-refractivity contribution in [2.24, 2.45) is 0 Å². The van der Waals surface area contributed by atoms with Gasteiger partial charge in [0.25, 0.3) is 0 Å². The number of halogens is 1. The average Bonchev–Trinajstić information content (AvgIpc) is 3.21. The van der Waals surface area contributed by atoms with Crippen LogP contribution in [0.4, 0.5) is 10.8 Å². The first-order valence-corrected chi connectivity index (χ1v) is 11.4. The maximum absolute atomic E-state index is 12.7. The number of piperazine rings is 1. The molecule has 1 aromatic heterocycles. The first-order chi connectivity index (χ1) is 15.1. The number of thiazole rings is 1. The van der Waals surface area contributed by atoms with Gasteiger partial charge in [0.15, 0.2) is 5.13 Å². The van der Waals surface area contributed by atoms with Crippen molar-refractivity contribution in [3.8, 4) is 0 Å². The van der Waals surface area contributed by atoms with Crippen LogP contribution in [0.5, 0.6) is 0 Å². The molecule has 1 saturated heterocycles. The van der Waals surface area contributed by atoms with Crippen LogP contribution in [0.1, 0.15) is 11.3 Å². The van der Waals surface area contributed by atoms with Crippen LogP contribution in [0.3, 0.4) is 0 Å². The summed E-state index contributed by atoms with van der Waals surface area (Å²) in [6, 6.07) is 17.3. The molecule has 3 aromatic rings. The monoisotopic (exact) mass is 454 g/mol. The van der Waals surface area contributed by atoms with E-state index in [4.69, 9.17) is 11.6 Å². The van der Waals surface area contributed by atoms with Crippen LogP contribution in [0.25, 0.3) is 0 Å². The molecule has 0 atom stereocenters. The molecule has 1 aliphatic rings. The maximum atomic E-state index is 12.7. The molecular formula is C23H23ClN4O2S. The fourth-order valence-corrected chi connectivity index (χ4v) is 4.54. The molecule has 0 radical (unpaired) electrons. The van der Waals surface area contributed by atoms with Gasteiger partial charge in [-0.3, -0.25) is 9.59 Å². The zero-order valence-electron chi connectivity index (χ0n) is 17.0. The number of carbonyl (C=O) groups excluding carboxylic acids is 2. The molecule has 0 aliphatic carbocycles. The zero-order valence-corrected chi connectivity index (χ0v) is 18.5. The number of nitrogens with zero attached hydrogens (tertiary/aromatic N) is 3. The van der Waals surface area contributed by atoms with Gasteiger partial charge in [-0.05, 0) is 17.7 Å². The largest absolute Gasteiger partial charge is 0.367 e. The standard InChI is InChI=1S/C23H23ClN4O2S/c24-19-8-4-5-9-20(19)27-10-12-28(13-11-27)22(30)15-18-16-31-23(25-18)26-21(29)14-17-6-2-1-3-7-17/h1-9,16H,10-15H2,(H,25,26,29). The van der Waals surface area contributed by atoms with Gasteiger partial charge in [0.05, 0.1) is 29.2 Å². The number of hydrogen-bond acceptors (Lipinski definition) is 5. The normalized spacial score (nSPS) is 13.8. The highest BCUT2D eigenvalue weighted by Crippen LogP contribution is 2.26. The van der Waals surface area contributed by atoms with Crippen LogP contribution < -0.4 is 10.2 Å². The number of amides is 2. The lowest BCUT2D eigenvalue weighted by Gasteiger charge is -2.36. The number of para-hydroxylation sites is 1. The van der Waals surface area contributed by atoms with Crippen LogP contribution in [-0.2, 0) is 22.4 Å². The van der Waals surface area contributed by atoms with E-state index in [1.165, 1.54) is 11.3 Å². The Kier molecular flexibility index (Phi) is 6.84. The fourth-order valence-electron chi connectivity index (χ4n) is 3.56. The molecule has 0 unspecified atom stereocenters. The lowest BCUT2D eigenvalue weighted by Crippen LogP contribution is -2.49. The Morgan fingerprint density at radius 1 is 0.968 bits per heavy atom. The van der Waals surface area contributed by atoms with Gasteiger partial charge >= 0.3 is 0 Å². The lowest BCUT2D eigenvalue weighted by atomic mass is 10.1. The zero-order chi connectivity index (χ0) is 21.6. The van der Waals surface area contributed by atoms with E-state index in [1.807, 2.05) is 64.9 Å². The number of anilines is 2. The van der Waals surface area contributed by atoms with E-state index in [1.54, 1.807) is 0 Å². The summed E-state index contributed by atoms with van der Waals surface area (Å²) >= 11 is 7.63. The summed E-state index contributed by atoms with van der Waals surface area (Å²) in [4.78, 5) is 33.4. The molecule has 4 rings (SSSR count). The van der Waals surface area contributed by atoms with Crippen molar-refractivity contribution in [3.63, 3.8) is 0 Å². The first-order valence-electron chi connectivity index (χ1n) is 10.1. The van der Waals surface area contributed by atoms with Crippen LogP contribution in [0.15, 0.2) is 60.0 Å². The third-order valence-corrected chi connectivity index (χ3v) is 6.29. The van der Waals surface area contributed by atoms with Crippen molar-refractivity contribution >= 4 is 45.6 Å². The van der Waals surface area contributed by atoms with Crippen molar-refractivity contribution in [2.45, 2.75) is 12.8 Å². The predicted molar refractivity (Wildman–Crippen MR) is 125 cm³/mol. The van der Waals surface area contributed by atoms with E-state index in [-0.39, 0.29) is 18.2 Å². The molecule has 31 heavy (non-hydrogen) atoms. The summed E-state index contributed by atoms with van der Waals surface area (Å²) in [6.45, 7) is 2.78. The van der Waals surface area contributed by atoms with Crippen LogP contribution >= 0.6 is 22.9 Å². The lowest BCUT2D eigenvalue weighted by molar-refractivity contribution is -0.130. The highest BCUT2D eigenvalue weighted by atomic mass is 35.5. The molecule has 2 heterocycles. The molecule has 2 aromatic carbocycles. The first kappa shape index (κ1) is 21.3. The van der Waals surface area contributed by atoms with Gasteiger partial charge < -0.3 is 15.1 Å². The van der Waals surface area contributed by atoms with Crippen molar-refractivity contribution in [1.82, 2.24) is 9.88 Å². The Morgan fingerprint density at radius 3 is 2.42 bits per heavy atom. The summed E-state index contributed by atoms with van der Waals surface area (Å²) in [5, 5.41) is 5.90. The Balaban J connectivity index is 1.26. The van der Waals surface area contributed by atoms with E-state index in [2.05, 4.69) is 15.2 Å². The highest BCUT2D eigenvalue weighted by molar-refractivity contribution is 7.13. The van der Waals surface area contributed by atoms with Gasteiger partial charge in [0.2, 0.25) is 11.8 Å². The molecule has 8 heteroatoms. The Labute approximate surface area is 190 Å². The third-order valence-electron chi connectivity index (χ3n) is 5.16. The molecule has 6 nitrogen and oxygen atoms in total. The molecule has 2 amide bonds. The van der Waals surface area contributed by atoms with Gasteiger partial charge in [0.1, 0.15) is 0 Å². The molecule has 1 aliphatic heterocycles. The minimum absolute atomic E-state index is 0.0475. The van der Waals surface area contributed by atoms with E-state index in [0.717, 1.165) is 29.4 Å². The summed E-state index contributed by atoms with van der Waals surface area (Å²) < 4.78 is 0. The smallest absolute Gasteiger partial charge is 0.230 e. The number of rotatable bonds is 6. The van der Waals surface area contributed by atoms with E-state index < -0.39 is 0 Å². The Morgan fingerprint density at radius 2 is 1.68 bits per heavy atom. The molecule has 0 saturated carbocycles. The Hall–Kier alpha value is -2.90. The second-order valence-corrected chi connectivity index (χ2v) is 8.62. The number of benzene rings is 2. The average molecular weight is 455 g/mol. The molecular weight excluding hydrogens is 432 g/mol. The molecule has 1 N–H and O–H groups in total.